The van der Waals surface area contributed by atoms with Gasteiger partial charge in [0.05, 0.1) is 22.5 Å². The molecule has 0 aliphatic heterocycles. The Bertz CT molecular complexity index is 1390. The second-order valence-corrected chi connectivity index (χ2v) is 8.10. The molecular weight excluding hydrogens is 402 g/mol. The van der Waals surface area contributed by atoms with Crippen LogP contribution in [0.2, 0.25) is 0 Å². The van der Waals surface area contributed by atoms with Crippen molar-refractivity contribution in [2.24, 2.45) is 0 Å². The topological polar surface area (TPSA) is 54.9 Å². The van der Waals surface area contributed by atoms with Gasteiger partial charge >= 0.3 is 0 Å². The number of nitrogens with zero attached hydrogens (tertiary/aromatic N) is 2. The van der Waals surface area contributed by atoms with E-state index in [1.54, 1.807) is 0 Å². The fourth-order valence-electron chi connectivity index (χ4n) is 3.60. The highest BCUT2D eigenvalue weighted by atomic mass is 32.1. The molecule has 0 bridgehead atoms. The molecule has 5 heteroatoms. The summed E-state index contributed by atoms with van der Waals surface area (Å²) in [6, 6.07) is 27.6. The highest BCUT2D eigenvalue weighted by molar-refractivity contribution is 7.14. The monoisotopic (exact) mass is 421 g/mol. The van der Waals surface area contributed by atoms with Gasteiger partial charge < -0.3 is 0 Å². The van der Waals surface area contributed by atoms with Crippen LogP contribution in [0.1, 0.15) is 15.9 Å². The van der Waals surface area contributed by atoms with E-state index in [0.29, 0.717) is 10.7 Å². The van der Waals surface area contributed by atoms with E-state index >= 15 is 0 Å². The van der Waals surface area contributed by atoms with Crippen LogP contribution in [0.5, 0.6) is 0 Å². The van der Waals surface area contributed by atoms with Crippen molar-refractivity contribution in [2.75, 3.05) is 5.32 Å². The number of rotatable bonds is 4. The minimum absolute atomic E-state index is 0.192. The molecule has 0 aliphatic rings. The second-order valence-electron chi connectivity index (χ2n) is 7.25. The van der Waals surface area contributed by atoms with E-state index in [4.69, 9.17) is 4.98 Å². The summed E-state index contributed by atoms with van der Waals surface area (Å²) < 4.78 is 0. The van der Waals surface area contributed by atoms with Crippen LogP contribution in [-0.2, 0) is 0 Å². The van der Waals surface area contributed by atoms with Gasteiger partial charge in [-0.3, -0.25) is 10.1 Å². The van der Waals surface area contributed by atoms with E-state index in [1.165, 1.54) is 11.3 Å². The molecule has 1 N–H and O–H groups in total. The lowest BCUT2D eigenvalue weighted by molar-refractivity contribution is 0.102. The average molecular weight is 422 g/mol. The molecule has 0 radical (unpaired) electrons. The van der Waals surface area contributed by atoms with Crippen molar-refractivity contribution in [3.05, 3.63) is 101 Å². The summed E-state index contributed by atoms with van der Waals surface area (Å²) in [5.74, 6) is -0.192. The Morgan fingerprint density at radius 2 is 1.58 bits per heavy atom. The van der Waals surface area contributed by atoms with Crippen LogP contribution >= 0.6 is 11.3 Å². The molecule has 0 saturated carbocycles. The van der Waals surface area contributed by atoms with E-state index in [1.807, 2.05) is 97.2 Å². The molecule has 5 aromatic rings. The summed E-state index contributed by atoms with van der Waals surface area (Å²) in [6.07, 6.45) is 0. The summed E-state index contributed by atoms with van der Waals surface area (Å²) in [5.41, 5.74) is 6.16. The zero-order valence-electron chi connectivity index (χ0n) is 16.9. The van der Waals surface area contributed by atoms with Gasteiger partial charge in [-0.15, -0.1) is 11.3 Å². The van der Waals surface area contributed by atoms with Crippen molar-refractivity contribution in [3.63, 3.8) is 0 Å². The SMILES string of the molecule is Cc1ccccc1-c1cc(C(=O)Nc2nc(-c3ccccc3)cs2)c2ccccc2n1. The molecule has 31 heavy (non-hydrogen) atoms. The Morgan fingerprint density at radius 3 is 2.42 bits per heavy atom. The molecule has 0 saturated heterocycles. The minimum Gasteiger partial charge on any atom is -0.298 e. The number of benzene rings is 3. The van der Waals surface area contributed by atoms with E-state index in [0.717, 1.165) is 39.0 Å². The zero-order valence-corrected chi connectivity index (χ0v) is 17.7. The van der Waals surface area contributed by atoms with Crippen LogP contribution in [0.4, 0.5) is 5.13 Å². The average Bonchev–Trinajstić information content (AvgIpc) is 3.27. The molecule has 1 amide bonds. The number of para-hydroxylation sites is 1. The molecule has 3 aromatic carbocycles. The van der Waals surface area contributed by atoms with Crippen LogP contribution in [0.25, 0.3) is 33.4 Å². The van der Waals surface area contributed by atoms with Gasteiger partial charge in [0.25, 0.3) is 5.91 Å². The predicted molar refractivity (Wildman–Crippen MR) is 127 cm³/mol. The summed E-state index contributed by atoms with van der Waals surface area (Å²) in [6.45, 7) is 2.05. The highest BCUT2D eigenvalue weighted by Gasteiger charge is 2.16. The lowest BCUT2D eigenvalue weighted by Gasteiger charge is -2.11. The zero-order chi connectivity index (χ0) is 21.2. The summed E-state index contributed by atoms with van der Waals surface area (Å²) >= 11 is 1.42. The number of carbonyl (C=O) groups is 1. The molecule has 150 valence electrons. The molecule has 0 atom stereocenters. The number of amides is 1. The molecule has 0 unspecified atom stereocenters. The predicted octanol–water partition coefficient (Wildman–Crippen LogP) is 6.59. The normalized spacial score (nSPS) is 10.9. The van der Waals surface area contributed by atoms with Crippen molar-refractivity contribution in [3.8, 4) is 22.5 Å². The summed E-state index contributed by atoms with van der Waals surface area (Å²) in [7, 11) is 0. The Kier molecular flexibility index (Phi) is 5.02. The standard InChI is InChI=1S/C26H19N3OS/c1-17-9-5-6-12-19(17)23-15-21(20-13-7-8-14-22(20)27-23)25(30)29-26-28-24(16-31-26)18-10-3-2-4-11-18/h2-16H,1H3,(H,28,29,30). The van der Waals surface area contributed by atoms with Crippen LogP contribution in [0.15, 0.2) is 90.3 Å². The minimum atomic E-state index is -0.192. The lowest BCUT2D eigenvalue weighted by Crippen LogP contribution is -2.13. The number of pyridine rings is 1. The first-order valence-electron chi connectivity index (χ1n) is 9.97. The van der Waals surface area contributed by atoms with Gasteiger partial charge in [0, 0.05) is 21.9 Å². The number of aromatic nitrogens is 2. The summed E-state index contributed by atoms with van der Waals surface area (Å²) in [4.78, 5) is 22.7. The van der Waals surface area contributed by atoms with E-state index in [2.05, 4.69) is 10.3 Å². The van der Waals surface area contributed by atoms with Crippen LogP contribution in [-0.4, -0.2) is 15.9 Å². The fraction of sp³-hybridized carbons (Fsp3) is 0.0385. The Hall–Kier alpha value is -3.83. The first kappa shape index (κ1) is 19.2. The van der Waals surface area contributed by atoms with Gasteiger partial charge in [0.15, 0.2) is 5.13 Å². The molecular formula is C26H19N3OS. The number of hydrogen-bond acceptors (Lipinski definition) is 4. The maximum absolute atomic E-state index is 13.3. The smallest absolute Gasteiger partial charge is 0.258 e. The number of anilines is 1. The molecule has 0 fully saturated rings. The van der Waals surface area contributed by atoms with Crippen LogP contribution in [0.3, 0.4) is 0 Å². The molecule has 2 heterocycles. The van der Waals surface area contributed by atoms with Gasteiger partial charge in [-0.05, 0) is 24.6 Å². The summed E-state index contributed by atoms with van der Waals surface area (Å²) in [5, 5.41) is 6.32. The number of aryl methyl sites for hydroxylation is 1. The van der Waals surface area contributed by atoms with Gasteiger partial charge in [-0.1, -0.05) is 72.8 Å². The maximum Gasteiger partial charge on any atom is 0.258 e. The van der Waals surface area contributed by atoms with Crippen LogP contribution < -0.4 is 5.32 Å². The van der Waals surface area contributed by atoms with E-state index in [9.17, 15) is 4.79 Å². The number of hydrogen-bond donors (Lipinski definition) is 1. The van der Waals surface area contributed by atoms with Gasteiger partial charge in [-0.25, -0.2) is 9.97 Å². The molecule has 4 nitrogen and oxygen atoms in total. The second kappa shape index (κ2) is 8.13. The van der Waals surface area contributed by atoms with Crippen molar-refractivity contribution in [1.29, 1.82) is 0 Å². The molecule has 2 aromatic heterocycles. The molecule has 5 rings (SSSR count). The van der Waals surface area contributed by atoms with Gasteiger partial charge in [-0.2, -0.15) is 0 Å². The third-order valence-electron chi connectivity index (χ3n) is 5.18. The Balaban J connectivity index is 1.53. The third-order valence-corrected chi connectivity index (χ3v) is 5.93. The quantitative estimate of drug-likeness (QED) is 0.356. The largest absolute Gasteiger partial charge is 0.298 e. The number of fused-ring (bicyclic) bond motifs is 1. The fourth-order valence-corrected chi connectivity index (χ4v) is 4.31. The van der Waals surface area contributed by atoms with E-state index < -0.39 is 0 Å². The van der Waals surface area contributed by atoms with Crippen molar-refractivity contribution >= 4 is 33.3 Å². The van der Waals surface area contributed by atoms with Gasteiger partial charge in [0.1, 0.15) is 0 Å². The Labute approximate surface area is 184 Å². The highest BCUT2D eigenvalue weighted by Crippen LogP contribution is 2.29. The first-order chi connectivity index (χ1) is 15.2. The van der Waals surface area contributed by atoms with Crippen LogP contribution in [0, 0.1) is 6.92 Å². The maximum atomic E-state index is 13.3. The van der Waals surface area contributed by atoms with Crippen molar-refractivity contribution in [2.45, 2.75) is 6.92 Å². The Morgan fingerprint density at radius 1 is 0.839 bits per heavy atom. The number of nitrogens with one attached hydrogen (secondary N) is 1. The lowest BCUT2D eigenvalue weighted by atomic mass is 10.0. The first-order valence-corrected chi connectivity index (χ1v) is 10.8. The molecule has 0 aliphatic carbocycles. The van der Waals surface area contributed by atoms with Gasteiger partial charge in [0.2, 0.25) is 0 Å². The number of carbonyl (C=O) groups excluding carboxylic acids is 1. The molecule has 0 spiro atoms. The number of thiazole rings is 1. The van der Waals surface area contributed by atoms with E-state index in [-0.39, 0.29) is 5.91 Å². The van der Waals surface area contributed by atoms with Crippen molar-refractivity contribution in [1.82, 2.24) is 9.97 Å². The van der Waals surface area contributed by atoms with Crippen molar-refractivity contribution < 1.29 is 4.79 Å². The third kappa shape index (κ3) is 3.83.